The molecule has 1 aromatic rings. The number of ether oxygens (including phenoxy) is 1. The van der Waals surface area contributed by atoms with Crippen molar-refractivity contribution in [1.29, 1.82) is 0 Å². The lowest BCUT2D eigenvalue weighted by atomic mass is 10.1. The molecule has 0 aliphatic rings. The molecule has 1 aromatic carbocycles. The minimum Gasteiger partial charge on any atom is -0.383 e. The van der Waals surface area contributed by atoms with Crippen molar-refractivity contribution in [2.75, 3.05) is 19.0 Å². The molecule has 5 heteroatoms. The molecule has 0 radical (unpaired) electrons. The number of aryl methyl sites for hydroxylation is 1. The largest absolute Gasteiger partial charge is 0.383 e. The second-order valence-corrected chi connectivity index (χ2v) is 4.74. The van der Waals surface area contributed by atoms with Gasteiger partial charge in [-0.15, -0.1) is 0 Å². The number of alkyl halides is 1. The maximum Gasteiger partial charge on any atom is 0.253 e. The van der Waals surface area contributed by atoms with Crippen LogP contribution in [0.5, 0.6) is 0 Å². The van der Waals surface area contributed by atoms with E-state index in [2.05, 4.69) is 21.2 Å². The molecule has 0 heterocycles. The fourth-order valence-electron chi connectivity index (χ4n) is 1.41. The van der Waals surface area contributed by atoms with E-state index in [4.69, 9.17) is 16.3 Å². The second kappa shape index (κ2) is 6.99. The molecule has 3 nitrogen and oxygen atoms in total. The molecule has 1 atom stereocenters. The van der Waals surface area contributed by atoms with E-state index in [1.807, 2.05) is 19.1 Å². The standard InChI is InChI=1S/C12H15BrClNO2/c1-8-4-3-5-10(11(8)14)12(16)15-9(6-13)7-17-2/h3-5,9H,6-7H2,1-2H3,(H,15,16). The summed E-state index contributed by atoms with van der Waals surface area (Å²) in [6.45, 7) is 2.33. The van der Waals surface area contributed by atoms with E-state index >= 15 is 0 Å². The third-order valence-electron chi connectivity index (χ3n) is 2.33. The van der Waals surface area contributed by atoms with E-state index in [9.17, 15) is 4.79 Å². The topological polar surface area (TPSA) is 38.3 Å². The highest BCUT2D eigenvalue weighted by atomic mass is 79.9. The van der Waals surface area contributed by atoms with Crippen molar-refractivity contribution in [3.05, 3.63) is 34.3 Å². The zero-order valence-corrected chi connectivity index (χ0v) is 12.1. The van der Waals surface area contributed by atoms with Gasteiger partial charge in [-0.25, -0.2) is 0 Å². The van der Waals surface area contributed by atoms with Crippen molar-refractivity contribution in [2.45, 2.75) is 13.0 Å². The molecule has 1 unspecified atom stereocenters. The Morgan fingerprint density at radius 1 is 1.59 bits per heavy atom. The van der Waals surface area contributed by atoms with E-state index in [-0.39, 0.29) is 11.9 Å². The summed E-state index contributed by atoms with van der Waals surface area (Å²) in [6.07, 6.45) is 0. The number of hydrogen-bond acceptors (Lipinski definition) is 2. The minimum atomic E-state index is -0.180. The van der Waals surface area contributed by atoms with Crippen LogP contribution in [0.4, 0.5) is 0 Å². The van der Waals surface area contributed by atoms with Gasteiger partial charge in [0.2, 0.25) is 0 Å². The first-order chi connectivity index (χ1) is 8.10. The van der Waals surface area contributed by atoms with E-state index in [1.54, 1.807) is 13.2 Å². The highest BCUT2D eigenvalue weighted by Gasteiger charge is 2.15. The lowest BCUT2D eigenvalue weighted by Gasteiger charge is -2.16. The predicted molar refractivity (Wildman–Crippen MR) is 73.1 cm³/mol. The number of carbonyl (C=O) groups is 1. The van der Waals surface area contributed by atoms with Gasteiger partial charge in [0.1, 0.15) is 0 Å². The van der Waals surface area contributed by atoms with Gasteiger partial charge in [0.25, 0.3) is 5.91 Å². The Labute approximate surface area is 115 Å². The van der Waals surface area contributed by atoms with Crippen LogP contribution in [0.1, 0.15) is 15.9 Å². The van der Waals surface area contributed by atoms with E-state index < -0.39 is 0 Å². The Bertz CT molecular complexity index is 398. The molecule has 1 rings (SSSR count). The maximum atomic E-state index is 12.0. The Balaban J connectivity index is 2.79. The number of carbonyl (C=O) groups excluding carboxylic acids is 1. The van der Waals surface area contributed by atoms with Crippen LogP contribution < -0.4 is 5.32 Å². The summed E-state index contributed by atoms with van der Waals surface area (Å²) in [6, 6.07) is 5.33. The molecular weight excluding hydrogens is 305 g/mol. The average Bonchev–Trinajstić information content (AvgIpc) is 2.31. The molecule has 94 valence electrons. The van der Waals surface area contributed by atoms with Crippen molar-refractivity contribution in [1.82, 2.24) is 5.32 Å². The van der Waals surface area contributed by atoms with Crippen LogP contribution in [0.15, 0.2) is 18.2 Å². The van der Waals surface area contributed by atoms with Gasteiger partial charge in [-0.3, -0.25) is 4.79 Å². The van der Waals surface area contributed by atoms with Crippen molar-refractivity contribution in [2.24, 2.45) is 0 Å². The number of hydrogen-bond donors (Lipinski definition) is 1. The highest BCUT2D eigenvalue weighted by molar-refractivity contribution is 9.09. The first-order valence-corrected chi connectivity index (χ1v) is 6.71. The SMILES string of the molecule is COCC(CBr)NC(=O)c1cccc(C)c1Cl. The zero-order chi connectivity index (χ0) is 12.8. The van der Waals surface area contributed by atoms with Gasteiger partial charge >= 0.3 is 0 Å². The minimum absolute atomic E-state index is 0.0657. The average molecular weight is 321 g/mol. The fraction of sp³-hybridized carbons (Fsp3) is 0.417. The van der Waals surface area contributed by atoms with E-state index in [1.165, 1.54) is 0 Å². The molecule has 0 fully saturated rings. The summed E-state index contributed by atoms with van der Waals surface area (Å²) in [5.74, 6) is -0.180. The normalized spacial score (nSPS) is 12.2. The molecule has 0 aromatic heterocycles. The van der Waals surface area contributed by atoms with Gasteiger partial charge in [0.15, 0.2) is 0 Å². The van der Waals surface area contributed by atoms with Crippen LogP contribution in [0.25, 0.3) is 0 Å². The van der Waals surface area contributed by atoms with Crippen LogP contribution in [-0.4, -0.2) is 31.0 Å². The Hall–Kier alpha value is -0.580. The first-order valence-electron chi connectivity index (χ1n) is 5.21. The van der Waals surface area contributed by atoms with Crippen LogP contribution in [0.2, 0.25) is 5.02 Å². The number of benzene rings is 1. The lowest BCUT2D eigenvalue weighted by Crippen LogP contribution is -2.39. The summed E-state index contributed by atoms with van der Waals surface area (Å²) in [7, 11) is 1.60. The molecule has 0 aliphatic carbocycles. The smallest absolute Gasteiger partial charge is 0.253 e. The molecule has 0 saturated carbocycles. The number of nitrogens with one attached hydrogen (secondary N) is 1. The summed E-state index contributed by atoms with van der Waals surface area (Å²) >= 11 is 9.41. The zero-order valence-electron chi connectivity index (χ0n) is 9.80. The fourth-order valence-corrected chi connectivity index (χ4v) is 1.97. The van der Waals surface area contributed by atoms with Gasteiger partial charge in [-0.1, -0.05) is 39.7 Å². The number of halogens is 2. The number of amides is 1. The van der Waals surface area contributed by atoms with Crippen LogP contribution in [0, 0.1) is 6.92 Å². The van der Waals surface area contributed by atoms with Crippen LogP contribution in [-0.2, 0) is 4.74 Å². The molecule has 17 heavy (non-hydrogen) atoms. The summed E-state index contributed by atoms with van der Waals surface area (Å²) < 4.78 is 5.01. The van der Waals surface area contributed by atoms with Crippen molar-refractivity contribution < 1.29 is 9.53 Å². The van der Waals surface area contributed by atoms with Gasteiger partial charge in [-0.2, -0.15) is 0 Å². The molecular formula is C12H15BrClNO2. The first kappa shape index (κ1) is 14.5. The van der Waals surface area contributed by atoms with Gasteiger partial charge in [-0.05, 0) is 18.6 Å². The molecule has 0 aliphatic heterocycles. The molecule has 1 amide bonds. The third kappa shape index (κ3) is 3.98. The second-order valence-electron chi connectivity index (χ2n) is 3.72. The van der Waals surface area contributed by atoms with Crippen LogP contribution >= 0.6 is 27.5 Å². The Morgan fingerprint density at radius 2 is 2.29 bits per heavy atom. The third-order valence-corrected chi connectivity index (χ3v) is 3.61. The molecule has 0 spiro atoms. The van der Waals surface area contributed by atoms with Crippen LogP contribution in [0.3, 0.4) is 0 Å². The van der Waals surface area contributed by atoms with Crippen molar-refractivity contribution >= 4 is 33.4 Å². The Kier molecular flexibility index (Phi) is 5.95. The molecule has 1 N–H and O–H groups in total. The quantitative estimate of drug-likeness (QED) is 0.847. The lowest BCUT2D eigenvalue weighted by molar-refractivity contribution is 0.0908. The van der Waals surface area contributed by atoms with Crippen molar-refractivity contribution in [3.8, 4) is 0 Å². The highest BCUT2D eigenvalue weighted by Crippen LogP contribution is 2.20. The molecule has 0 bridgehead atoms. The van der Waals surface area contributed by atoms with Gasteiger partial charge < -0.3 is 10.1 Å². The van der Waals surface area contributed by atoms with E-state index in [0.717, 1.165) is 5.56 Å². The van der Waals surface area contributed by atoms with Gasteiger partial charge in [0.05, 0.1) is 23.2 Å². The maximum absolute atomic E-state index is 12.0. The summed E-state index contributed by atoms with van der Waals surface area (Å²) in [4.78, 5) is 12.0. The van der Waals surface area contributed by atoms with E-state index in [0.29, 0.717) is 22.5 Å². The monoisotopic (exact) mass is 319 g/mol. The summed E-state index contributed by atoms with van der Waals surface area (Å²) in [5.41, 5.74) is 1.38. The molecule has 0 saturated heterocycles. The Morgan fingerprint density at radius 3 is 2.88 bits per heavy atom. The predicted octanol–water partition coefficient (Wildman–Crippen LogP) is 2.79. The number of rotatable bonds is 5. The van der Waals surface area contributed by atoms with Gasteiger partial charge in [0, 0.05) is 12.4 Å². The van der Waals surface area contributed by atoms with Crippen molar-refractivity contribution in [3.63, 3.8) is 0 Å². The summed E-state index contributed by atoms with van der Waals surface area (Å²) in [5, 5.41) is 3.99. The number of methoxy groups -OCH3 is 1.